The molecule has 3 heteroatoms. The molecule has 1 aromatic carbocycles. The predicted octanol–water partition coefficient (Wildman–Crippen LogP) is 2.51. The molecule has 0 saturated carbocycles. The Morgan fingerprint density at radius 1 is 1.24 bits per heavy atom. The molecule has 2 N–H and O–H groups in total. The highest BCUT2D eigenvalue weighted by Crippen LogP contribution is 2.15. The van der Waals surface area contributed by atoms with Crippen molar-refractivity contribution in [2.24, 2.45) is 5.73 Å². The zero-order valence-corrected chi connectivity index (χ0v) is 10.4. The number of imidazole rings is 1. The number of nitrogens with zero attached hydrogens (tertiary/aromatic N) is 2. The number of benzene rings is 1. The van der Waals surface area contributed by atoms with Gasteiger partial charge in [-0.3, -0.25) is 0 Å². The lowest BCUT2D eigenvalue weighted by Crippen LogP contribution is -1.98. The van der Waals surface area contributed by atoms with Crippen LogP contribution in [0.1, 0.15) is 36.6 Å². The van der Waals surface area contributed by atoms with E-state index in [-0.39, 0.29) is 0 Å². The first-order valence-corrected chi connectivity index (χ1v) is 5.98. The molecule has 0 radical (unpaired) electrons. The first-order valence-electron chi connectivity index (χ1n) is 5.98. The SMILES string of the molecule is CC(C)c1ccc(Cn2cnc(CN)c2)cc1. The van der Waals surface area contributed by atoms with Crippen LogP contribution in [-0.2, 0) is 13.1 Å². The fourth-order valence-corrected chi connectivity index (χ4v) is 1.82. The maximum atomic E-state index is 5.53. The summed E-state index contributed by atoms with van der Waals surface area (Å²) in [7, 11) is 0. The van der Waals surface area contributed by atoms with Gasteiger partial charge in [-0.2, -0.15) is 0 Å². The van der Waals surface area contributed by atoms with Crippen molar-refractivity contribution in [1.29, 1.82) is 0 Å². The van der Waals surface area contributed by atoms with Crippen LogP contribution in [0.4, 0.5) is 0 Å². The summed E-state index contributed by atoms with van der Waals surface area (Å²) in [6.07, 6.45) is 3.83. The lowest BCUT2D eigenvalue weighted by atomic mass is 10.0. The van der Waals surface area contributed by atoms with Gasteiger partial charge in [-0.05, 0) is 17.0 Å². The minimum Gasteiger partial charge on any atom is -0.333 e. The third-order valence-electron chi connectivity index (χ3n) is 2.91. The molecule has 0 amide bonds. The van der Waals surface area contributed by atoms with E-state index in [0.717, 1.165) is 12.2 Å². The van der Waals surface area contributed by atoms with Crippen molar-refractivity contribution in [2.75, 3.05) is 0 Å². The maximum Gasteiger partial charge on any atom is 0.0953 e. The van der Waals surface area contributed by atoms with Gasteiger partial charge in [0.25, 0.3) is 0 Å². The molecule has 3 nitrogen and oxygen atoms in total. The molecular weight excluding hydrogens is 210 g/mol. The molecule has 2 rings (SSSR count). The van der Waals surface area contributed by atoms with E-state index in [1.807, 2.05) is 12.5 Å². The van der Waals surface area contributed by atoms with Crippen LogP contribution in [-0.4, -0.2) is 9.55 Å². The molecule has 0 unspecified atom stereocenters. The van der Waals surface area contributed by atoms with Gasteiger partial charge in [-0.15, -0.1) is 0 Å². The largest absolute Gasteiger partial charge is 0.333 e. The number of hydrogen-bond acceptors (Lipinski definition) is 2. The second-order valence-electron chi connectivity index (χ2n) is 4.64. The Hall–Kier alpha value is -1.61. The van der Waals surface area contributed by atoms with E-state index in [2.05, 4.69) is 47.7 Å². The molecule has 0 saturated heterocycles. The summed E-state index contributed by atoms with van der Waals surface area (Å²) >= 11 is 0. The van der Waals surface area contributed by atoms with Gasteiger partial charge in [0, 0.05) is 19.3 Å². The topological polar surface area (TPSA) is 43.8 Å². The van der Waals surface area contributed by atoms with Crippen molar-refractivity contribution < 1.29 is 0 Å². The summed E-state index contributed by atoms with van der Waals surface area (Å²) < 4.78 is 2.06. The van der Waals surface area contributed by atoms with Gasteiger partial charge >= 0.3 is 0 Å². The molecule has 90 valence electrons. The number of aromatic nitrogens is 2. The summed E-state index contributed by atoms with van der Waals surface area (Å²) in [4.78, 5) is 4.21. The van der Waals surface area contributed by atoms with Crippen LogP contribution in [0.2, 0.25) is 0 Å². The molecule has 0 spiro atoms. The van der Waals surface area contributed by atoms with E-state index in [4.69, 9.17) is 5.73 Å². The predicted molar refractivity (Wildman–Crippen MR) is 69.8 cm³/mol. The van der Waals surface area contributed by atoms with Crippen LogP contribution in [0.25, 0.3) is 0 Å². The minimum atomic E-state index is 0.499. The monoisotopic (exact) mass is 229 g/mol. The van der Waals surface area contributed by atoms with Gasteiger partial charge in [0.1, 0.15) is 0 Å². The Morgan fingerprint density at radius 3 is 2.47 bits per heavy atom. The van der Waals surface area contributed by atoms with Crippen molar-refractivity contribution in [3.05, 3.63) is 53.6 Å². The van der Waals surface area contributed by atoms with Crippen LogP contribution < -0.4 is 5.73 Å². The summed E-state index contributed by atoms with van der Waals surface area (Å²) in [5.41, 5.74) is 9.13. The molecule has 0 atom stereocenters. The van der Waals surface area contributed by atoms with Gasteiger partial charge in [0.2, 0.25) is 0 Å². The number of nitrogens with two attached hydrogens (primary N) is 1. The summed E-state index contributed by atoms with van der Waals surface area (Å²) in [5, 5.41) is 0. The van der Waals surface area contributed by atoms with Crippen LogP contribution in [0.3, 0.4) is 0 Å². The first kappa shape index (κ1) is 11.9. The summed E-state index contributed by atoms with van der Waals surface area (Å²) in [6, 6.07) is 8.75. The molecule has 0 fully saturated rings. The van der Waals surface area contributed by atoms with Crippen LogP contribution in [0.5, 0.6) is 0 Å². The molecule has 0 aliphatic carbocycles. The van der Waals surface area contributed by atoms with E-state index >= 15 is 0 Å². The quantitative estimate of drug-likeness (QED) is 0.875. The van der Waals surface area contributed by atoms with Crippen molar-refractivity contribution in [3.8, 4) is 0 Å². The number of rotatable bonds is 4. The molecule has 17 heavy (non-hydrogen) atoms. The Morgan fingerprint density at radius 2 is 1.94 bits per heavy atom. The average molecular weight is 229 g/mol. The second kappa shape index (κ2) is 5.15. The molecule has 0 aliphatic rings. The lowest BCUT2D eigenvalue weighted by molar-refractivity contribution is 0.793. The highest BCUT2D eigenvalue weighted by atomic mass is 15.0. The molecule has 1 aromatic heterocycles. The van der Waals surface area contributed by atoms with E-state index in [0.29, 0.717) is 12.5 Å². The van der Waals surface area contributed by atoms with E-state index in [1.165, 1.54) is 11.1 Å². The third-order valence-corrected chi connectivity index (χ3v) is 2.91. The lowest BCUT2D eigenvalue weighted by Gasteiger charge is -2.07. The van der Waals surface area contributed by atoms with E-state index < -0.39 is 0 Å². The van der Waals surface area contributed by atoms with Gasteiger partial charge < -0.3 is 10.3 Å². The van der Waals surface area contributed by atoms with Gasteiger partial charge in [-0.1, -0.05) is 38.1 Å². The maximum absolute atomic E-state index is 5.53. The molecular formula is C14H19N3. The Kier molecular flexibility index (Phi) is 3.59. The average Bonchev–Trinajstić information content (AvgIpc) is 2.77. The Bertz CT molecular complexity index is 468. The zero-order valence-electron chi connectivity index (χ0n) is 10.4. The van der Waals surface area contributed by atoms with Gasteiger partial charge in [0.05, 0.1) is 12.0 Å². The fourth-order valence-electron chi connectivity index (χ4n) is 1.82. The standard InChI is InChI=1S/C14H19N3/c1-11(2)13-5-3-12(4-6-13)8-17-9-14(7-15)16-10-17/h3-6,9-11H,7-8,15H2,1-2H3. The van der Waals surface area contributed by atoms with Crippen LogP contribution in [0, 0.1) is 0 Å². The highest BCUT2D eigenvalue weighted by molar-refractivity contribution is 5.25. The van der Waals surface area contributed by atoms with Crippen LogP contribution in [0.15, 0.2) is 36.8 Å². The van der Waals surface area contributed by atoms with Crippen LogP contribution >= 0.6 is 0 Å². The van der Waals surface area contributed by atoms with Crippen molar-refractivity contribution >= 4 is 0 Å². The smallest absolute Gasteiger partial charge is 0.0953 e. The molecule has 0 bridgehead atoms. The third kappa shape index (κ3) is 2.94. The van der Waals surface area contributed by atoms with Crippen molar-refractivity contribution in [2.45, 2.75) is 32.9 Å². The van der Waals surface area contributed by atoms with Crippen molar-refractivity contribution in [1.82, 2.24) is 9.55 Å². The second-order valence-corrected chi connectivity index (χ2v) is 4.64. The van der Waals surface area contributed by atoms with E-state index in [9.17, 15) is 0 Å². The van der Waals surface area contributed by atoms with E-state index in [1.54, 1.807) is 0 Å². The highest BCUT2D eigenvalue weighted by Gasteiger charge is 2.00. The minimum absolute atomic E-state index is 0.499. The van der Waals surface area contributed by atoms with Gasteiger partial charge in [-0.25, -0.2) is 4.98 Å². The number of hydrogen-bond donors (Lipinski definition) is 1. The van der Waals surface area contributed by atoms with Crippen molar-refractivity contribution in [3.63, 3.8) is 0 Å². The Labute approximate surface area is 102 Å². The Balaban J connectivity index is 2.08. The van der Waals surface area contributed by atoms with Gasteiger partial charge in [0.15, 0.2) is 0 Å². The molecule has 0 aliphatic heterocycles. The zero-order chi connectivity index (χ0) is 12.3. The normalized spacial score (nSPS) is 11.1. The first-order chi connectivity index (χ1) is 8.19. The summed E-state index contributed by atoms with van der Waals surface area (Å²) in [6.45, 7) is 5.77. The molecule has 1 heterocycles. The molecule has 2 aromatic rings. The summed E-state index contributed by atoms with van der Waals surface area (Å²) in [5.74, 6) is 0.584. The fraction of sp³-hybridized carbons (Fsp3) is 0.357.